The summed E-state index contributed by atoms with van der Waals surface area (Å²) in [7, 11) is -1.26. The molecule has 0 aromatic carbocycles. The van der Waals surface area contributed by atoms with Crippen LogP contribution in [-0.2, 0) is 0 Å². The summed E-state index contributed by atoms with van der Waals surface area (Å²) < 4.78 is 0. The van der Waals surface area contributed by atoms with Crippen molar-refractivity contribution < 1.29 is 5.11 Å². The van der Waals surface area contributed by atoms with E-state index in [9.17, 15) is 5.11 Å². The Labute approximate surface area is 128 Å². The fraction of sp³-hybridized carbons (Fsp3) is 0.778. The smallest absolute Gasteiger partial charge is 0.0925 e. The van der Waals surface area contributed by atoms with Gasteiger partial charge in [0.25, 0.3) is 0 Å². The maximum absolute atomic E-state index is 10.0. The third kappa shape index (κ3) is 11.5. The van der Waals surface area contributed by atoms with Crippen molar-refractivity contribution in [3.05, 3.63) is 23.9 Å². The molecule has 0 aliphatic carbocycles. The summed E-state index contributed by atoms with van der Waals surface area (Å²) in [6.07, 6.45) is 13.0. The van der Waals surface area contributed by atoms with Crippen LogP contribution in [-0.4, -0.2) is 19.3 Å². The molecule has 0 aromatic rings. The monoisotopic (exact) mass is 296 g/mol. The van der Waals surface area contributed by atoms with Gasteiger partial charge in [0.15, 0.2) is 0 Å². The summed E-state index contributed by atoms with van der Waals surface area (Å²) in [4.78, 5) is 0. The van der Waals surface area contributed by atoms with Crippen LogP contribution in [0.15, 0.2) is 23.9 Å². The topological polar surface area (TPSA) is 20.2 Å². The minimum atomic E-state index is -1.26. The van der Waals surface area contributed by atoms with E-state index in [1.54, 1.807) is 6.08 Å². The van der Waals surface area contributed by atoms with Gasteiger partial charge in [-0.3, -0.25) is 0 Å². The number of rotatable bonds is 12. The number of unbranched alkanes of at least 4 members (excludes halogenated alkanes) is 7. The van der Waals surface area contributed by atoms with Gasteiger partial charge in [-0.25, -0.2) is 0 Å². The first-order valence-corrected chi connectivity index (χ1v) is 12.0. The first kappa shape index (κ1) is 19.7. The molecule has 0 saturated heterocycles. The van der Waals surface area contributed by atoms with Crippen molar-refractivity contribution >= 4 is 8.07 Å². The zero-order valence-electron chi connectivity index (χ0n) is 14.3. The minimum Gasteiger partial charge on any atom is -0.385 e. The summed E-state index contributed by atoms with van der Waals surface area (Å²) in [5.41, 5.74) is 3.55. The average Bonchev–Trinajstić information content (AvgIpc) is 2.38. The van der Waals surface area contributed by atoms with Crippen LogP contribution in [0, 0.1) is 0 Å². The van der Waals surface area contributed by atoms with Crippen molar-refractivity contribution in [2.45, 2.75) is 90.5 Å². The second kappa shape index (κ2) is 11.3. The molecule has 0 aliphatic rings. The Hall–Kier alpha value is -0.343. The highest BCUT2D eigenvalue weighted by Crippen LogP contribution is 2.19. The van der Waals surface area contributed by atoms with Gasteiger partial charge in [0.2, 0.25) is 0 Å². The fourth-order valence-corrected chi connectivity index (χ4v) is 3.90. The van der Waals surface area contributed by atoms with Gasteiger partial charge < -0.3 is 5.11 Å². The Morgan fingerprint density at radius 2 is 1.50 bits per heavy atom. The van der Waals surface area contributed by atoms with Crippen LogP contribution in [0.5, 0.6) is 0 Å². The highest BCUT2D eigenvalue weighted by Gasteiger charge is 2.14. The molecule has 0 aliphatic heterocycles. The lowest BCUT2D eigenvalue weighted by molar-refractivity contribution is 0.254. The fourth-order valence-electron chi connectivity index (χ4n) is 2.48. The first-order valence-electron chi connectivity index (χ1n) is 8.43. The number of aliphatic hydroxyl groups excluding tert-OH is 1. The Kier molecular flexibility index (Phi) is 11.1. The largest absolute Gasteiger partial charge is 0.385 e. The van der Waals surface area contributed by atoms with Gasteiger partial charge in [-0.05, 0) is 18.4 Å². The lowest BCUT2D eigenvalue weighted by Gasteiger charge is -2.17. The molecule has 1 N–H and O–H groups in total. The van der Waals surface area contributed by atoms with Crippen LogP contribution in [0.3, 0.4) is 0 Å². The second-order valence-electron chi connectivity index (χ2n) is 6.99. The second-order valence-corrected chi connectivity index (χ2v) is 12.0. The number of hydrogen-bond acceptors (Lipinski definition) is 1. The lowest BCUT2D eigenvalue weighted by Crippen LogP contribution is -2.20. The van der Waals surface area contributed by atoms with Gasteiger partial charge in [-0.15, -0.1) is 6.58 Å². The molecule has 0 rings (SSSR count). The summed E-state index contributed by atoms with van der Waals surface area (Å²) in [6.45, 7) is 12.9. The zero-order valence-corrected chi connectivity index (χ0v) is 15.3. The van der Waals surface area contributed by atoms with Crippen molar-refractivity contribution in [3.63, 3.8) is 0 Å². The highest BCUT2D eigenvalue weighted by atomic mass is 28.3. The Balaban J connectivity index is 3.93. The van der Waals surface area contributed by atoms with Crippen LogP contribution in [0.2, 0.25) is 19.6 Å². The van der Waals surface area contributed by atoms with Crippen LogP contribution in [0.4, 0.5) is 0 Å². The molecule has 2 heteroatoms. The van der Waals surface area contributed by atoms with Gasteiger partial charge in [-0.1, -0.05) is 83.3 Å². The molecule has 0 aromatic heterocycles. The molecule has 20 heavy (non-hydrogen) atoms. The SMILES string of the molecule is C=CC(O)/C(=C/[Si](C)(C)C)CCCCCCCCCC. The maximum atomic E-state index is 10.0. The predicted molar refractivity (Wildman–Crippen MR) is 94.9 cm³/mol. The van der Waals surface area contributed by atoms with Crippen molar-refractivity contribution in [1.82, 2.24) is 0 Å². The first-order chi connectivity index (χ1) is 9.40. The molecule has 0 spiro atoms. The lowest BCUT2D eigenvalue weighted by atomic mass is 10.0. The van der Waals surface area contributed by atoms with E-state index in [0.717, 1.165) is 6.42 Å². The minimum absolute atomic E-state index is 0.439. The Bertz CT molecular complexity index is 276. The molecular formula is C18H36OSi. The molecule has 0 radical (unpaired) electrons. The van der Waals surface area contributed by atoms with E-state index in [1.165, 1.54) is 56.9 Å². The van der Waals surface area contributed by atoms with Gasteiger partial charge in [-0.2, -0.15) is 0 Å². The molecule has 0 saturated carbocycles. The van der Waals surface area contributed by atoms with Gasteiger partial charge in [0.05, 0.1) is 14.2 Å². The molecular weight excluding hydrogens is 260 g/mol. The van der Waals surface area contributed by atoms with Gasteiger partial charge >= 0.3 is 0 Å². The predicted octanol–water partition coefficient (Wildman–Crippen LogP) is 5.87. The molecule has 0 amide bonds. The van der Waals surface area contributed by atoms with Crippen molar-refractivity contribution in [2.75, 3.05) is 0 Å². The summed E-state index contributed by atoms with van der Waals surface area (Å²) >= 11 is 0. The number of aliphatic hydroxyl groups is 1. The standard InChI is InChI=1S/C18H36OSi/c1-6-8-9-10-11-12-13-14-15-17(18(19)7-2)16-20(3,4)5/h7,16,18-19H,2,6,8-15H2,1,3-5H3/b17-16+. The van der Waals surface area contributed by atoms with Crippen LogP contribution in [0.25, 0.3) is 0 Å². The Morgan fingerprint density at radius 1 is 1.00 bits per heavy atom. The summed E-state index contributed by atoms with van der Waals surface area (Å²) in [5, 5.41) is 10.0. The molecule has 0 heterocycles. The summed E-state index contributed by atoms with van der Waals surface area (Å²) in [6, 6.07) is 0. The maximum Gasteiger partial charge on any atom is 0.0925 e. The van der Waals surface area contributed by atoms with E-state index < -0.39 is 14.2 Å². The third-order valence-electron chi connectivity index (χ3n) is 3.54. The number of hydrogen-bond donors (Lipinski definition) is 1. The quantitative estimate of drug-likeness (QED) is 0.271. The van der Waals surface area contributed by atoms with Crippen molar-refractivity contribution in [2.24, 2.45) is 0 Å². The van der Waals surface area contributed by atoms with Crippen LogP contribution >= 0.6 is 0 Å². The van der Waals surface area contributed by atoms with E-state index in [1.807, 2.05) is 0 Å². The van der Waals surface area contributed by atoms with E-state index in [4.69, 9.17) is 0 Å². The van der Waals surface area contributed by atoms with E-state index in [0.29, 0.717) is 0 Å². The van der Waals surface area contributed by atoms with Crippen LogP contribution in [0.1, 0.15) is 64.7 Å². The molecule has 0 fully saturated rings. The van der Waals surface area contributed by atoms with E-state index >= 15 is 0 Å². The molecule has 1 nitrogen and oxygen atoms in total. The van der Waals surface area contributed by atoms with Gasteiger partial charge in [0.1, 0.15) is 0 Å². The van der Waals surface area contributed by atoms with Crippen molar-refractivity contribution in [1.29, 1.82) is 0 Å². The van der Waals surface area contributed by atoms with Gasteiger partial charge in [0, 0.05) is 0 Å². The van der Waals surface area contributed by atoms with E-state index in [-0.39, 0.29) is 0 Å². The molecule has 1 atom stereocenters. The van der Waals surface area contributed by atoms with Crippen LogP contribution < -0.4 is 0 Å². The third-order valence-corrected chi connectivity index (χ3v) is 4.78. The highest BCUT2D eigenvalue weighted by molar-refractivity contribution is 6.81. The normalized spacial score (nSPS) is 14.3. The zero-order chi connectivity index (χ0) is 15.4. The molecule has 118 valence electrons. The Morgan fingerprint density at radius 3 is 1.95 bits per heavy atom. The van der Waals surface area contributed by atoms with Crippen molar-refractivity contribution in [3.8, 4) is 0 Å². The summed E-state index contributed by atoms with van der Waals surface area (Å²) in [5.74, 6) is 0. The molecule has 1 unspecified atom stereocenters. The van der Waals surface area contributed by atoms with E-state index in [2.05, 4.69) is 38.8 Å². The average molecular weight is 297 g/mol. The molecule has 0 bridgehead atoms.